The first-order valence-corrected chi connectivity index (χ1v) is 9.60. The first kappa shape index (κ1) is 17.9. The minimum absolute atomic E-state index is 0.0138. The largest absolute Gasteiger partial charge is 0.450 e. The lowest BCUT2D eigenvalue weighted by atomic mass is 10.1. The third-order valence-electron chi connectivity index (χ3n) is 4.23. The second kappa shape index (κ2) is 7.24. The van der Waals surface area contributed by atoms with Crippen molar-refractivity contribution in [1.82, 2.24) is 24.6 Å². The van der Waals surface area contributed by atoms with Gasteiger partial charge in [0.05, 0.1) is 18.0 Å². The Morgan fingerprint density at radius 2 is 2.22 bits per heavy atom. The number of likely N-dealkylation sites (tertiary alicyclic amines) is 1. The Bertz CT molecular complexity index is 1000. The molecule has 1 aliphatic rings. The van der Waals surface area contributed by atoms with Gasteiger partial charge in [0.2, 0.25) is 0 Å². The molecule has 2 aromatic heterocycles. The lowest BCUT2D eigenvalue weighted by Gasteiger charge is -2.38. The van der Waals surface area contributed by atoms with Crippen LogP contribution in [0.1, 0.15) is 13.0 Å². The number of halogens is 1. The van der Waals surface area contributed by atoms with Crippen LogP contribution in [0.3, 0.4) is 0 Å². The number of ether oxygens (including phenoxy) is 1. The van der Waals surface area contributed by atoms with Crippen molar-refractivity contribution in [2.75, 3.05) is 25.4 Å². The molecule has 140 valence electrons. The highest BCUT2D eigenvalue weighted by Crippen LogP contribution is 2.37. The van der Waals surface area contributed by atoms with Crippen molar-refractivity contribution >= 4 is 46.3 Å². The number of nitrogens with two attached hydrogens (primary N) is 1. The number of fused-ring (bicyclic) bond motifs is 1. The van der Waals surface area contributed by atoms with Crippen LogP contribution in [0.4, 0.5) is 10.6 Å². The standard InChI is InChI=1S/C17H17ClN6O2S/c1-2-26-17(25)23-7-11(8-23)24-15-13(14(19)20-9-21-15)16(22-24)27-12-5-3-4-10(18)6-12/h3-6,9,11H,2,7-8H2,1H3,(H2,19,20,21). The number of nitrogens with zero attached hydrogens (tertiary/aromatic N) is 5. The molecular formula is C17H17ClN6O2S. The van der Waals surface area contributed by atoms with Gasteiger partial charge in [0.15, 0.2) is 5.65 Å². The molecule has 1 aliphatic heterocycles. The highest BCUT2D eigenvalue weighted by Gasteiger charge is 2.35. The number of carbonyl (C=O) groups excluding carboxylic acids is 1. The number of nitrogen functional groups attached to an aromatic ring is 1. The summed E-state index contributed by atoms with van der Waals surface area (Å²) in [5, 5.41) is 6.78. The van der Waals surface area contributed by atoms with E-state index in [2.05, 4.69) is 9.97 Å². The van der Waals surface area contributed by atoms with Crippen LogP contribution in [0.5, 0.6) is 0 Å². The number of benzene rings is 1. The van der Waals surface area contributed by atoms with E-state index in [1.807, 2.05) is 28.9 Å². The fraction of sp³-hybridized carbons (Fsp3) is 0.294. The van der Waals surface area contributed by atoms with Crippen molar-refractivity contribution in [3.8, 4) is 0 Å². The molecule has 3 aromatic rings. The Morgan fingerprint density at radius 1 is 1.41 bits per heavy atom. The molecule has 1 saturated heterocycles. The number of amides is 1. The molecule has 10 heteroatoms. The Labute approximate surface area is 164 Å². The third-order valence-corrected chi connectivity index (χ3v) is 5.43. The second-order valence-electron chi connectivity index (χ2n) is 6.02. The van der Waals surface area contributed by atoms with Crippen molar-refractivity contribution in [1.29, 1.82) is 0 Å². The van der Waals surface area contributed by atoms with E-state index in [-0.39, 0.29) is 12.1 Å². The molecule has 0 radical (unpaired) electrons. The molecule has 0 aliphatic carbocycles. The lowest BCUT2D eigenvalue weighted by molar-refractivity contribution is 0.0577. The zero-order chi connectivity index (χ0) is 19.0. The van der Waals surface area contributed by atoms with E-state index in [9.17, 15) is 4.79 Å². The van der Waals surface area contributed by atoms with Crippen LogP contribution in [0.2, 0.25) is 5.02 Å². The van der Waals surface area contributed by atoms with Crippen LogP contribution in [-0.2, 0) is 4.74 Å². The van der Waals surface area contributed by atoms with Gasteiger partial charge in [-0.2, -0.15) is 5.10 Å². The Balaban J connectivity index is 1.65. The van der Waals surface area contributed by atoms with Crippen LogP contribution in [0, 0.1) is 0 Å². The first-order chi connectivity index (χ1) is 13.1. The van der Waals surface area contributed by atoms with Crippen LogP contribution < -0.4 is 5.73 Å². The summed E-state index contributed by atoms with van der Waals surface area (Å²) < 4.78 is 6.84. The number of anilines is 1. The molecule has 1 fully saturated rings. The van der Waals surface area contributed by atoms with E-state index < -0.39 is 0 Å². The lowest BCUT2D eigenvalue weighted by Crippen LogP contribution is -2.51. The quantitative estimate of drug-likeness (QED) is 0.712. The molecule has 8 nitrogen and oxygen atoms in total. The molecular weight excluding hydrogens is 388 g/mol. The fourth-order valence-corrected chi connectivity index (χ4v) is 4.14. The molecule has 0 unspecified atom stereocenters. The molecule has 27 heavy (non-hydrogen) atoms. The van der Waals surface area contributed by atoms with E-state index in [0.717, 1.165) is 4.90 Å². The topological polar surface area (TPSA) is 99.2 Å². The smallest absolute Gasteiger partial charge is 0.409 e. The summed E-state index contributed by atoms with van der Waals surface area (Å²) in [5.41, 5.74) is 6.75. The van der Waals surface area contributed by atoms with Gasteiger partial charge in [0.25, 0.3) is 0 Å². The van der Waals surface area contributed by atoms with Crippen LogP contribution in [0.15, 0.2) is 40.5 Å². The van der Waals surface area contributed by atoms with Crippen molar-refractivity contribution in [3.05, 3.63) is 35.6 Å². The fourth-order valence-electron chi connectivity index (χ4n) is 2.91. The number of rotatable bonds is 4. The zero-order valence-electron chi connectivity index (χ0n) is 14.5. The summed E-state index contributed by atoms with van der Waals surface area (Å²) in [6.07, 6.45) is 1.11. The minimum atomic E-state index is -0.312. The number of hydrogen-bond donors (Lipinski definition) is 1. The average Bonchev–Trinajstić information content (AvgIpc) is 2.93. The monoisotopic (exact) mass is 404 g/mol. The third kappa shape index (κ3) is 3.40. The van der Waals surface area contributed by atoms with Gasteiger partial charge in [-0.3, -0.25) is 0 Å². The van der Waals surface area contributed by atoms with E-state index in [1.165, 1.54) is 18.1 Å². The van der Waals surface area contributed by atoms with Gasteiger partial charge in [-0.1, -0.05) is 29.4 Å². The van der Waals surface area contributed by atoms with Gasteiger partial charge in [-0.15, -0.1) is 0 Å². The SMILES string of the molecule is CCOC(=O)N1CC(n2nc(Sc3cccc(Cl)c3)c3c(N)ncnc32)C1. The average molecular weight is 405 g/mol. The molecule has 0 bridgehead atoms. The molecule has 4 rings (SSSR count). The predicted molar refractivity (Wildman–Crippen MR) is 103 cm³/mol. The summed E-state index contributed by atoms with van der Waals surface area (Å²) in [4.78, 5) is 22.9. The van der Waals surface area contributed by atoms with Crippen molar-refractivity contribution in [3.63, 3.8) is 0 Å². The summed E-state index contributed by atoms with van der Waals surface area (Å²) in [5.74, 6) is 0.373. The van der Waals surface area contributed by atoms with Crippen molar-refractivity contribution < 1.29 is 9.53 Å². The summed E-state index contributed by atoms with van der Waals surface area (Å²) in [6, 6.07) is 7.53. The Hall–Kier alpha value is -2.52. The van der Waals surface area contributed by atoms with E-state index in [4.69, 9.17) is 27.2 Å². The number of aromatic nitrogens is 4. The highest BCUT2D eigenvalue weighted by atomic mass is 35.5. The van der Waals surface area contributed by atoms with E-state index >= 15 is 0 Å². The number of hydrogen-bond acceptors (Lipinski definition) is 7. The van der Waals surface area contributed by atoms with Gasteiger partial charge in [-0.25, -0.2) is 19.4 Å². The maximum absolute atomic E-state index is 11.8. The minimum Gasteiger partial charge on any atom is -0.450 e. The van der Waals surface area contributed by atoms with Gasteiger partial charge in [0, 0.05) is 23.0 Å². The molecule has 1 amide bonds. The summed E-state index contributed by atoms with van der Waals surface area (Å²) >= 11 is 7.53. The molecule has 3 heterocycles. The Morgan fingerprint density at radius 3 is 2.96 bits per heavy atom. The summed E-state index contributed by atoms with van der Waals surface area (Å²) in [6.45, 7) is 3.17. The zero-order valence-corrected chi connectivity index (χ0v) is 16.1. The van der Waals surface area contributed by atoms with Gasteiger partial charge < -0.3 is 15.4 Å². The first-order valence-electron chi connectivity index (χ1n) is 8.40. The van der Waals surface area contributed by atoms with Crippen molar-refractivity contribution in [2.24, 2.45) is 0 Å². The normalized spacial score (nSPS) is 14.4. The second-order valence-corrected chi connectivity index (χ2v) is 7.52. The maximum atomic E-state index is 11.8. The molecule has 0 spiro atoms. The molecule has 2 N–H and O–H groups in total. The highest BCUT2D eigenvalue weighted by molar-refractivity contribution is 7.99. The van der Waals surface area contributed by atoms with Gasteiger partial charge in [0.1, 0.15) is 17.2 Å². The van der Waals surface area contributed by atoms with Gasteiger partial charge in [-0.05, 0) is 25.1 Å². The van der Waals surface area contributed by atoms with E-state index in [1.54, 1.807) is 11.8 Å². The van der Waals surface area contributed by atoms with Crippen LogP contribution >= 0.6 is 23.4 Å². The Kier molecular flexibility index (Phi) is 4.79. The molecule has 0 saturated carbocycles. The molecule has 1 aromatic carbocycles. The van der Waals surface area contributed by atoms with Crippen LogP contribution in [-0.4, -0.2) is 50.4 Å². The van der Waals surface area contributed by atoms with Gasteiger partial charge >= 0.3 is 6.09 Å². The summed E-state index contributed by atoms with van der Waals surface area (Å²) in [7, 11) is 0. The predicted octanol–water partition coefficient (Wildman–Crippen LogP) is 3.23. The maximum Gasteiger partial charge on any atom is 0.409 e. The molecule has 0 atom stereocenters. The van der Waals surface area contributed by atoms with Crippen LogP contribution in [0.25, 0.3) is 11.0 Å². The van der Waals surface area contributed by atoms with E-state index in [0.29, 0.717) is 46.6 Å². The van der Waals surface area contributed by atoms with Crippen molar-refractivity contribution in [2.45, 2.75) is 22.9 Å². The number of carbonyl (C=O) groups is 1.